The van der Waals surface area contributed by atoms with Crippen molar-refractivity contribution in [1.82, 2.24) is 20.9 Å². The highest BCUT2D eigenvalue weighted by Crippen LogP contribution is 2.18. The van der Waals surface area contributed by atoms with E-state index in [0.717, 1.165) is 11.3 Å². The third-order valence-corrected chi connectivity index (χ3v) is 7.07. The van der Waals surface area contributed by atoms with Crippen molar-refractivity contribution in [1.29, 1.82) is 0 Å². The fraction of sp³-hybridized carbons (Fsp3) is 0.613. The lowest BCUT2D eigenvalue weighted by molar-refractivity contribution is -0.139. The number of ether oxygens (including phenoxy) is 2. The van der Waals surface area contributed by atoms with E-state index in [1.54, 1.807) is 38.1 Å². The molecule has 4 unspecified atom stereocenters. The fourth-order valence-corrected chi connectivity index (χ4v) is 4.37. The Morgan fingerprint density at radius 2 is 1.68 bits per heavy atom. The molecule has 0 spiro atoms. The number of nitrogens with zero attached hydrogens (tertiary/aromatic N) is 1. The Balaban J connectivity index is 1.75. The Labute approximate surface area is 259 Å². The van der Waals surface area contributed by atoms with Gasteiger partial charge in [0, 0.05) is 44.1 Å². The molecule has 1 saturated heterocycles. The molecule has 6 amide bonds. The minimum absolute atomic E-state index is 0.0296. The van der Waals surface area contributed by atoms with Crippen molar-refractivity contribution < 1.29 is 38.2 Å². The molecule has 44 heavy (non-hydrogen) atoms. The van der Waals surface area contributed by atoms with Crippen molar-refractivity contribution in [3.05, 3.63) is 29.8 Å². The molecule has 2 rings (SSSR count). The molecule has 1 heterocycles. The van der Waals surface area contributed by atoms with E-state index in [2.05, 4.69) is 21.3 Å². The van der Waals surface area contributed by atoms with Crippen LogP contribution in [0.25, 0.3) is 0 Å². The number of rotatable bonds is 17. The fourth-order valence-electron chi connectivity index (χ4n) is 4.37. The Kier molecular flexibility index (Phi) is 14.8. The molecule has 1 fully saturated rings. The molecule has 1 aliphatic rings. The topological polar surface area (TPSA) is 172 Å². The number of hydrogen-bond donors (Lipinski definition) is 4. The average Bonchev–Trinajstić information content (AvgIpc) is 3.22. The van der Waals surface area contributed by atoms with Gasteiger partial charge in [0.1, 0.15) is 18.7 Å². The highest BCUT2D eigenvalue weighted by atomic mass is 16.5. The number of hydrogen-bond acceptors (Lipinski definition) is 8. The van der Waals surface area contributed by atoms with Gasteiger partial charge in [-0.2, -0.15) is 0 Å². The van der Waals surface area contributed by atoms with Crippen molar-refractivity contribution in [3.8, 4) is 0 Å². The molecule has 0 saturated carbocycles. The van der Waals surface area contributed by atoms with E-state index in [1.807, 2.05) is 27.7 Å². The summed E-state index contributed by atoms with van der Waals surface area (Å²) in [5.74, 6) is -2.17. The van der Waals surface area contributed by atoms with Gasteiger partial charge in [0.25, 0.3) is 0 Å². The third kappa shape index (κ3) is 11.9. The third-order valence-electron chi connectivity index (χ3n) is 7.07. The molecule has 1 aromatic carbocycles. The lowest BCUT2D eigenvalue weighted by Gasteiger charge is -2.24. The minimum Gasteiger partial charge on any atom is -0.445 e. The molecule has 244 valence electrons. The van der Waals surface area contributed by atoms with Crippen LogP contribution in [0.4, 0.5) is 10.5 Å². The molecular weight excluding hydrogens is 570 g/mol. The summed E-state index contributed by atoms with van der Waals surface area (Å²) in [4.78, 5) is 75.0. The first-order valence-electron chi connectivity index (χ1n) is 15.2. The molecule has 0 aromatic heterocycles. The molecule has 0 aliphatic carbocycles. The summed E-state index contributed by atoms with van der Waals surface area (Å²) in [7, 11) is 0. The summed E-state index contributed by atoms with van der Waals surface area (Å²) >= 11 is 0. The average molecular weight is 618 g/mol. The van der Waals surface area contributed by atoms with Crippen LogP contribution in [0.5, 0.6) is 0 Å². The maximum atomic E-state index is 12.9. The van der Waals surface area contributed by atoms with E-state index in [1.165, 1.54) is 0 Å². The SMILES string of the molecule is CCCOC(C)CCC(=O)NC(C(=O)NC(C)C(=O)Nc1ccc(COC(=O)NCCN2C(=O)CC(C)C2=O)cc1)C(C)C. The van der Waals surface area contributed by atoms with Gasteiger partial charge in [0.05, 0.1) is 6.10 Å². The van der Waals surface area contributed by atoms with Gasteiger partial charge in [0.15, 0.2) is 0 Å². The highest BCUT2D eigenvalue weighted by Gasteiger charge is 2.35. The first-order chi connectivity index (χ1) is 20.8. The zero-order valence-corrected chi connectivity index (χ0v) is 26.6. The molecule has 13 heteroatoms. The Hall–Kier alpha value is -4.00. The van der Waals surface area contributed by atoms with E-state index >= 15 is 0 Å². The number of carbonyl (C=O) groups excluding carboxylic acids is 6. The summed E-state index contributed by atoms with van der Waals surface area (Å²) in [6.07, 6.45) is 1.10. The summed E-state index contributed by atoms with van der Waals surface area (Å²) in [5, 5.41) is 10.7. The predicted molar refractivity (Wildman–Crippen MR) is 163 cm³/mol. The predicted octanol–water partition coefficient (Wildman–Crippen LogP) is 2.49. The summed E-state index contributed by atoms with van der Waals surface area (Å²) in [5.41, 5.74) is 1.15. The molecule has 4 atom stereocenters. The Morgan fingerprint density at radius 3 is 2.27 bits per heavy atom. The van der Waals surface area contributed by atoms with Crippen molar-refractivity contribution >= 4 is 41.3 Å². The zero-order chi connectivity index (χ0) is 32.8. The van der Waals surface area contributed by atoms with Crippen LogP contribution < -0.4 is 21.3 Å². The van der Waals surface area contributed by atoms with E-state index < -0.39 is 30.0 Å². The molecule has 0 radical (unpaired) electrons. The lowest BCUT2D eigenvalue weighted by atomic mass is 10.0. The summed E-state index contributed by atoms with van der Waals surface area (Å²) < 4.78 is 10.8. The van der Waals surface area contributed by atoms with Crippen LogP contribution in [0.3, 0.4) is 0 Å². The summed E-state index contributed by atoms with van der Waals surface area (Å²) in [6, 6.07) is 4.95. The van der Waals surface area contributed by atoms with Crippen molar-refractivity contribution in [2.24, 2.45) is 11.8 Å². The second-order valence-electron chi connectivity index (χ2n) is 11.4. The number of anilines is 1. The molecule has 4 N–H and O–H groups in total. The number of amides is 6. The first kappa shape index (κ1) is 36.2. The van der Waals surface area contributed by atoms with Gasteiger partial charge in [-0.3, -0.25) is 28.9 Å². The Bertz CT molecular complexity index is 1160. The maximum Gasteiger partial charge on any atom is 0.407 e. The Morgan fingerprint density at radius 1 is 1.00 bits per heavy atom. The zero-order valence-electron chi connectivity index (χ0n) is 26.6. The van der Waals surface area contributed by atoms with Gasteiger partial charge in [-0.05, 0) is 50.3 Å². The normalized spacial score (nSPS) is 16.7. The number of alkyl carbamates (subject to hydrolysis) is 1. The van der Waals surface area contributed by atoms with Crippen LogP contribution in [0.2, 0.25) is 0 Å². The molecule has 1 aromatic rings. The standard InChI is InChI=1S/C31H47N5O8/c1-7-16-43-21(5)8-13-25(37)35-27(19(2)3)29(40)33-22(6)28(39)34-24-11-9-23(10-12-24)18-44-31(42)32-14-15-36-26(38)17-20(4)30(36)41/h9-12,19-22,27H,7-8,13-18H2,1-6H3,(H,32,42)(H,33,40)(H,34,39)(H,35,37). The first-order valence-corrected chi connectivity index (χ1v) is 15.2. The van der Waals surface area contributed by atoms with Crippen molar-refractivity contribution in [2.75, 3.05) is 25.0 Å². The van der Waals surface area contributed by atoms with Gasteiger partial charge >= 0.3 is 6.09 Å². The van der Waals surface area contributed by atoms with Crippen LogP contribution in [-0.2, 0) is 40.1 Å². The van der Waals surface area contributed by atoms with Gasteiger partial charge in [-0.1, -0.05) is 39.8 Å². The number of nitrogens with one attached hydrogen (secondary N) is 4. The van der Waals surface area contributed by atoms with Crippen molar-refractivity contribution in [2.45, 2.75) is 92.0 Å². The lowest BCUT2D eigenvalue weighted by Crippen LogP contribution is -2.53. The van der Waals surface area contributed by atoms with E-state index in [9.17, 15) is 28.8 Å². The number of carbonyl (C=O) groups is 6. The monoisotopic (exact) mass is 617 g/mol. The quantitative estimate of drug-likeness (QED) is 0.193. The largest absolute Gasteiger partial charge is 0.445 e. The van der Waals surface area contributed by atoms with Crippen molar-refractivity contribution in [3.63, 3.8) is 0 Å². The van der Waals surface area contributed by atoms with Crippen LogP contribution >= 0.6 is 0 Å². The number of benzene rings is 1. The van der Waals surface area contributed by atoms with Gasteiger partial charge < -0.3 is 30.7 Å². The molecule has 13 nitrogen and oxygen atoms in total. The molecule has 1 aliphatic heterocycles. The number of likely N-dealkylation sites (tertiary alicyclic amines) is 1. The minimum atomic E-state index is -0.871. The van der Waals surface area contributed by atoms with E-state index in [4.69, 9.17) is 9.47 Å². The summed E-state index contributed by atoms with van der Waals surface area (Å²) in [6.45, 7) is 11.6. The van der Waals surface area contributed by atoms with Gasteiger partial charge in [-0.25, -0.2) is 4.79 Å². The number of imide groups is 1. The van der Waals surface area contributed by atoms with E-state index in [-0.39, 0.29) is 68.2 Å². The van der Waals surface area contributed by atoms with Crippen LogP contribution in [0.15, 0.2) is 24.3 Å². The molecule has 0 bridgehead atoms. The highest BCUT2D eigenvalue weighted by molar-refractivity contribution is 6.03. The van der Waals surface area contributed by atoms with E-state index in [0.29, 0.717) is 24.3 Å². The van der Waals surface area contributed by atoms with Crippen LogP contribution in [0.1, 0.15) is 72.8 Å². The second-order valence-corrected chi connectivity index (χ2v) is 11.4. The van der Waals surface area contributed by atoms with Crippen LogP contribution in [0, 0.1) is 11.8 Å². The van der Waals surface area contributed by atoms with Gasteiger partial charge in [0.2, 0.25) is 29.5 Å². The second kappa shape index (κ2) is 18.0. The van der Waals surface area contributed by atoms with Gasteiger partial charge in [-0.15, -0.1) is 0 Å². The maximum absolute atomic E-state index is 12.9. The van der Waals surface area contributed by atoms with Crippen LogP contribution in [-0.4, -0.2) is 78.4 Å². The molecular formula is C31H47N5O8. The smallest absolute Gasteiger partial charge is 0.407 e.